The number of rotatable bonds is 6. The standard InChI is InChI=1S/C37H50F2O3Si/c1-23(2)43(24(3)4,25(5)6)20-19-37(38,39)36(41)18-17-33-31-15-11-27-21-28(40)12-16-30(27)34(31)32(22-35(33,36)7)26-9-13-29(42-8)14-10-26/h9-10,13-14,21,23-25,31-33,41H,11-12,15-18,22H2,1-8H3/t31?,32?,33?,35-,36-/m0/s1. The lowest BCUT2D eigenvalue weighted by Gasteiger charge is -2.55. The van der Waals surface area contributed by atoms with Crippen molar-refractivity contribution in [3.63, 3.8) is 0 Å². The number of methoxy groups -OCH3 is 1. The van der Waals surface area contributed by atoms with E-state index < -0.39 is 25.0 Å². The van der Waals surface area contributed by atoms with E-state index in [2.05, 4.69) is 53.0 Å². The van der Waals surface area contributed by atoms with Crippen LogP contribution in [0.25, 0.3) is 0 Å². The third-order valence-corrected chi connectivity index (χ3v) is 18.5. The quantitative estimate of drug-likeness (QED) is 0.259. The highest BCUT2D eigenvalue weighted by Crippen LogP contribution is 2.69. The summed E-state index contributed by atoms with van der Waals surface area (Å²) in [6.07, 6.45) is 5.67. The van der Waals surface area contributed by atoms with Crippen molar-refractivity contribution in [1.29, 1.82) is 0 Å². The number of aliphatic hydroxyl groups is 1. The second-order valence-corrected chi connectivity index (χ2v) is 20.5. The number of benzene rings is 1. The number of alkyl halides is 2. The largest absolute Gasteiger partial charge is 0.497 e. The zero-order chi connectivity index (χ0) is 31.5. The average Bonchev–Trinajstić information content (AvgIpc) is 3.23. The summed E-state index contributed by atoms with van der Waals surface area (Å²) in [5.41, 5.74) is 5.48. The summed E-state index contributed by atoms with van der Waals surface area (Å²) >= 11 is 0. The van der Waals surface area contributed by atoms with E-state index >= 15 is 8.78 Å². The molecule has 4 aliphatic carbocycles. The van der Waals surface area contributed by atoms with Gasteiger partial charge in [0.2, 0.25) is 0 Å². The summed E-state index contributed by atoms with van der Waals surface area (Å²) in [7, 11) is -0.788. The van der Waals surface area contributed by atoms with Crippen LogP contribution in [0.2, 0.25) is 16.6 Å². The van der Waals surface area contributed by atoms with Crippen molar-refractivity contribution >= 4 is 13.9 Å². The molecule has 1 aromatic carbocycles. The first kappa shape index (κ1) is 32.2. The Bertz CT molecular complexity index is 1360. The Balaban J connectivity index is 1.64. The van der Waals surface area contributed by atoms with E-state index in [9.17, 15) is 9.90 Å². The van der Waals surface area contributed by atoms with E-state index in [1.165, 1.54) is 11.1 Å². The van der Waals surface area contributed by atoms with Gasteiger partial charge in [0, 0.05) is 17.8 Å². The minimum Gasteiger partial charge on any atom is -0.497 e. The van der Waals surface area contributed by atoms with Gasteiger partial charge in [-0.25, -0.2) is 0 Å². The smallest absolute Gasteiger partial charge is 0.336 e. The van der Waals surface area contributed by atoms with Crippen molar-refractivity contribution in [2.24, 2.45) is 17.3 Å². The van der Waals surface area contributed by atoms with Gasteiger partial charge in [0.15, 0.2) is 5.78 Å². The van der Waals surface area contributed by atoms with Crippen LogP contribution in [0.15, 0.2) is 47.1 Å². The van der Waals surface area contributed by atoms with Crippen molar-refractivity contribution in [3.05, 3.63) is 52.6 Å². The third-order valence-electron chi connectivity index (χ3n) is 12.2. The van der Waals surface area contributed by atoms with Gasteiger partial charge in [-0.3, -0.25) is 4.79 Å². The van der Waals surface area contributed by atoms with Gasteiger partial charge < -0.3 is 9.84 Å². The average molecular weight is 609 g/mol. The van der Waals surface area contributed by atoms with Gasteiger partial charge in [-0.1, -0.05) is 66.2 Å². The fraction of sp³-hybridized carbons (Fsp3) is 0.649. The van der Waals surface area contributed by atoms with Gasteiger partial charge in [0.05, 0.1) is 7.11 Å². The summed E-state index contributed by atoms with van der Waals surface area (Å²) in [5.74, 6) is -0.160. The van der Waals surface area contributed by atoms with Crippen LogP contribution in [-0.2, 0) is 4.79 Å². The normalized spacial score (nSPS) is 31.0. The molecule has 1 N–H and O–H groups in total. The number of hydrogen-bond acceptors (Lipinski definition) is 3. The van der Waals surface area contributed by atoms with Crippen LogP contribution >= 0.6 is 0 Å². The SMILES string of the molecule is COc1ccc(C2C[C@@]3(C)C(CC[C@@]3(O)C(F)(F)C#C[Si](C(C)C)(C(C)C)C(C)C)C3CCC4=CC(=O)CCC4=C23)cc1. The monoisotopic (exact) mass is 608 g/mol. The first-order chi connectivity index (χ1) is 20.1. The van der Waals surface area contributed by atoms with Gasteiger partial charge in [0.25, 0.3) is 0 Å². The molecule has 3 unspecified atom stereocenters. The predicted octanol–water partition coefficient (Wildman–Crippen LogP) is 9.18. The summed E-state index contributed by atoms with van der Waals surface area (Å²) in [5, 5.41) is 12.4. The lowest BCUT2D eigenvalue weighted by Crippen LogP contribution is -2.60. The Labute approximate surface area is 258 Å². The van der Waals surface area contributed by atoms with E-state index in [-0.39, 0.29) is 46.6 Å². The van der Waals surface area contributed by atoms with Crippen molar-refractivity contribution < 1.29 is 23.4 Å². The molecule has 4 aliphatic rings. The highest BCUT2D eigenvalue weighted by atomic mass is 28.3. The van der Waals surface area contributed by atoms with E-state index in [4.69, 9.17) is 4.74 Å². The van der Waals surface area contributed by atoms with Crippen LogP contribution in [0.3, 0.4) is 0 Å². The Hall–Kier alpha value is -2.23. The number of ether oxygens (including phenoxy) is 1. The van der Waals surface area contributed by atoms with E-state index in [1.54, 1.807) is 7.11 Å². The van der Waals surface area contributed by atoms with E-state index in [0.717, 1.165) is 29.7 Å². The van der Waals surface area contributed by atoms with Gasteiger partial charge in [-0.05, 0) is 108 Å². The highest BCUT2D eigenvalue weighted by molar-refractivity contribution is 6.90. The molecule has 0 heterocycles. The summed E-state index contributed by atoms with van der Waals surface area (Å²) in [6, 6.07) is 7.96. The van der Waals surface area contributed by atoms with Crippen LogP contribution < -0.4 is 4.74 Å². The summed E-state index contributed by atoms with van der Waals surface area (Å²) in [6.45, 7) is 14.7. The molecule has 1 aromatic rings. The number of fused-ring (bicyclic) bond motifs is 4. The molecule has 5 rings (SSSR count). The molecule has 0 aromatic heterocycles. The maximum absolute atomic E-state index is 16.7. The Morgan fingerprint density at radius 1 is 1.00 bits per heavy atom. The molecular weight excluding hydrogens is 558 g/mol. The zero-order valence-electron chi connectivity index (χ0n) is 27.3. The van der Waals surface area contributed by atoms with Crippen LogP contribution in [0, 0.1) is 28.7 Å². The molecule has 234 valence electrons. The molecule has 0 radical (unpaired) electrons. The maximum Gasteiger partial charge on any atom is 0.336 e. The first-order valence-electron chi connectivity index (χ1n) is 16.4. The van der Waals surface area contributed by atoms with Crippen LogP contribution in [0.4, 0.5) is 8.78 Å². The summed E-state index contributed by atoms with van der Waals surface area (Å²) < 4.78 is 38.9. The van der Waals surface area contributed by atoms with E-state index in [0.29, 0.717) is 25.7 Å². The van der Waals surface area contributed by atoms with Crippen molar-refractivity contribution in [2.75, 3.05) is 7.11 Å². The zero-order valence-corrected chi connectivity index (χ0v) is 28.3. The molecule has 0 bridgehead atoms. The van der Waals surface area contributed by atoms with Crippen molar-refractivity contribution in [2.45, 2.75) is 127 Å². The number of allylic oxidation sites excluding steroid dienone is 4. The summed E-state index contributed by atoms with van der Waals surface area (Å²) in [4.78, 5) is 12.3. The molecule has 5 atom stereocenters. The van der Waals surface area contributed by atoms with E-state index in [1.807, 2.05) is 37.3 Å². The molecule has 3 nitrogen and oxygen atoms in total. The number of halogens is 2. The first-order valence-corrected chi connectivity index (χ1v) is 18.6. The molecule has 2 fully saturated rings. The Kier molecular flexibility index (Phi) is 8.44. The molecule has 6 heteroatoms. The number of hydrogen-bond donors (Lipinski definition) is 1. The molecule has 0 saturated heterocycles. The lowest BCUT2D eigenvalue weighted by molar-refractivity contribution is -0.209. The minimum absolute atomic E-state index is 0.0467. The van der Waals surface area contributed by atoms with Crippen molar-refractivity contribution in [1.82, 2.24) is 0 Å². The van der Waals surface area contributed by atoms with Crippen LogP contribution in [0.5, 0.6) is 5.75 Å². The molecule has 0 spiro atoms. The van der Waals surface area contributed by atoms with Gasteiger partial charge in [-0.2, -0.15) is 8.78 Å². The second-order valence-electron chi connectivity index (χ2n) is 14.9. The third kappa shape index (κ3) is 4.88. The molecule has 43 heavy (non-hydrogen) atoms. The van der Waals surface area contributed by atoms with Crippen LogP contribution in [-0.4, -0.2) is 37.6 Å². The maximum atomic E-state index is 16.7. The topological polar surface area (TPSA) is 46.5 Å². The minimum atomic E-state index is -3.53. The van der Waals surface area contributed by atoms with Crippen LogP contribution in [0.1, 0.15) is 105 Å². The number of ketones is 1. The molecule has 0 amide bonds. The van der Waals surface area contributed by atoms with Gasteiger partial charge in [0.1, 0.15) is 19.4 Å². The Morgan fingerprint density at radius 3 is 2.21 bits per heavy atom. The highest BCUT2D eigenvalue weighted by Gasteiger charge is 2.71. The molecule has 2 saturated carbocycles. The predicted molar refractivity (Wildman–Crippen MR) is 172 cm³/mol. The van der Waals surface area contributed by atoms with Gasteiger partial charge in [-0.15, -0.1) is 5.54 Å². The second kappa shape index (κ2) is 11.3. The fourth-order valence-corrected chi connectivity index (χ4v) is 15.3. The fourth-order valence-electron chi connectivity index (χ4n) is 10.0. The van der Waals surface area contributed by atoms with Gasteiger partial charge >= 0.3 is 5.92 Å². The molecular formula is C37H50F2O3Si. The molecule has 0 aliphatic heterocycles. The van der Waals surface area contributed by atoms with Crippen molar-refractivity contribution in [3.8, 4) is 17.2 Å². The Morgan fingerprint density at radius 2 is 1.63 bits per heavy atom. The number of carbonyl (C=O) groups excluding carboxylic acids is 1. The number of carbonyl (C=O) groups is 1. The lowest BCUT2D eigenvalue weighted by atomic mass is 9.50.